The van der Waals surface area contributed by atoms with Crippen LogP contribution in [-0.4, -0.2) is 27.8 Å². The van der Waals surface area contributed by atoms with Gasteiger partial charge in [0.05, 0.1) is 17.4 Å². The molecule has 1 amide bonds. The van der Waals surface area contributed by atoms with Crippen molar-refractivity contribution in [2.24, 2.45) is 0 Å². The second-order valence-corrected chi connectivity index (χ2v) is 6.30. The maximum atomic E-state index is 12.5. The van der Waals surface area contributed by atoms with Crippen molar-refractivity contribution in [3.05, 3.63) is 76.3 Å². The van der Waals surface area contributed by atoms with E-state index in [2.05, 4.69) is 9.97 Å². The average Bonchev–Trinajstić information content (AvgIpc) is 2.62. The van der Waals surface area contributed by atoms with Crippen LogP contribution in [0.15, 0.2) is 59.4 Å². The summed E-state index contributed by atoms with van der Waals surface area (Å²) in [5, 5.41) is 0.554. The molecule has 1 unspecified atom stereocenters. The number of aromatic nitrogens is 2. The Balaban J connectivity index is 1.70. The lowest BCUT2D eigenvalue weighted by Gasteiger charge is -2.19. The van der Waals surface area contributed by atoms with E-state index < -0.39 is 0 Å². The van der Waals surface area contributed by atoms with Gasteiger partial charge < -0.3 is 9.88 Å². The number of aromatic amines is 1. The van der Waals surface area contributed by atoms with Gasteiger partial charge in [0.15, 0.2) is 0 Å². The molecular weight excluding hydrogens is 314 g/mol. The summed E-state index contributed by atoms with van der Waals surface area (Å²) >= 11 is 0. The summed E-state index contributed by atoms with van der Waals surface area (Å²) in [7, 11) is 1.73. The van der Waals surface area contributed by atoms with Gasteiger partial charge in [-0.25, -0.2) is 4.98 Å². The Labute approximate surface area is 146 Å². The molecular formula is C20H21N3O2. The first kappa shape index (κ1) is 16.9. The molecule has 1 atom stereocenters. The molecule has 0 fully saturated rings. The van der Waals surface area contributed by atoms with Crippen molar-refractivity contribution in [1.29, 1.82) is 0 Å². The van der Waals surface area contributed by atoms with Crippen molar-refractivity contribution >= 4 is 16.8 Å². The first-order chi connectivity index (χ1) is 12.0. The van der Waals surface area contributed by atoms with Crippen molar-refractivity contribution in [2.45, 2.75) is 25.8 Å². The van der Waals surface area contributed by atoms with E-state index in [9.17, 15) is 9.59 Å². The Hall–Kier alpha value is -2.95. The molecule has 2 aromatic carbocycles. The summed E-state index contributed by atoms with van der Waals surface area (Å²) in [6.07, 6.45) is 0.415. The number of carbonyl (C=O) groups excluding carboxylic acids is 1. The number of hydrogen-bond donors (Lipinski definition) is 1. The summed E-state index contributed by atoms with van der Waals surface area (Å²) in [5.74, 6) is 0.652. The lowest BCUT2D eigenvalue weighted by molar-refractivity contribution is -0.130. The molecule has 5 nitrogen and oxygen atoms in total. The molecule has 0 aliphatic rings. The highest BCUT2D eigenvalue weighted by atomic mass is 16.2. The van der Waals surface area contributed by atoms with Gasteiger partial charge in [0.1, 0.15) is 5.82 Å². The molecule has 3 rings (SSSR count). The third kappa shape index (κ3) is 3.94. The van der Waals surface area contributed by atoms with Gasteiger partial charge in [-0.2, -0.15) is 0 Å². The van der Waals surface area contributed by atoms with Crippen LogP contribution in [0.4, 0.5) is 0 Å². The molecule has 5 heteroatoms. The molecule has 0 aliphatic heterocycles. The summed E-state index contributed by atoms with van der Waals surface area (Å²) in [5.41, 5.74) is 1.60. The average molecular weight is 335 g/mol. The molecule has 128 valence electrons. The Morgan fingerprint density at radius 2 is 1.80 bits per heavy atom. The monoisotopic (exact) mass is 335 g/mol. The Morgan fingerprint density at radius 1 is 1.12 bits per heavy atom. The second kappa shape index (κ2) is 7.30. The van der Waals surface area contributed by atoms with Crippen molar-refractivity contribution in [1.82, 2.24) is 14.9 Å². The number of rotatable bonds is 5. The highest BCUT2D eigenvalue weighted by Crippen LogP contribution is 2.19. The lowest BCUT2D eigenvalue weighted by atomic mass is 9.97. The fourth-order valence-corrected chi connectivity index (χ4v) is 2.84. The number of nitrogens with zero attached hydrogens (tertiary/aromatic N) is 2. The number of H-pyrrole nitrogens is 1. The van der Waals surface area contributed by atoms with E-state index in [1.165, 1.54) is 0 Å². The lowest BCUT2D eigenvalue weighted by Crippen LogP contribution is -2.29. The minimum absolute atomic E-state index is 0.0205. The number of carbonyl (C=O) groups is 1. The number of nitrogens with one attached hydrogen (secondary N) is 1. The molecule has 3 aromatic rings. The third-order valence-electron chi connectivity index (χ3n) is 4.32. The fourth-order valence-electron chi connectivity index (χ4n) is 2.84. The maximum absolute atomic E-state index is 12.5. The van der Waals surface area contributed by atoms with Crippen LogP contribution >= 0.6 is 0 Å². The predicted molar refractivity (Wildman–Crippen MR) is 98.3 cm³/mol. The zero-order chi connectivity index (χ0) is 17.8. The van der Waals surface area contributed by atoms with Gasteiger partial charge in [-0.15, -0.1) is 0 Å². The van der Waals surface area contributed by atoms with Crippen LogP contribution in [0.1, 0.15) is 30.7 Å². The molecule has 25 heavy (non-hydrogen) atoms. The highest BCUT2D eigenvalue weighted by Gasteiger charge is 2.16. The molecule has 0 bridgehead atoms. The minimum atomic E-state index is -0.181. The van der Waals surface area contributed by atoms with Crippen LogP contribution in [0.2, 0.25) is 0 Å². The van der Waals surface area contributed by atoms with Crippen LogP contribution in [0.5, 0.6) is 0 Å². The van der Waals surface area contributed by atoms with Crippen molar-refractivity contribution in [3.63, 3.8) is 0 Å². The van der Waals surface area contributed by atoms with Gasteiger partial charge in [-0.1, -0.05) is 49.4 Å². The predicted octanol–water partition coefficient (Wildman–Crippen LogP) is 3.08. The van der Waals surface area contributed by atoms with Gasteiger partial charge >= 0.3 is 0 Å². The van der Waals surface area contributed by atoms with Crippen molar-refractivity contribution in [2.75, 3.05) is 7.05 Å². The minimum Gasteiger partial charge on any atom is -0.338 e. The number of para-hydroxylation sites is 1. The Morgan fingerprint density at radius 3 is 2.56 bits per heavy atom. The van der Waals surface area contributed by atoms with Gasteiger partial charge in [0, 0.05) is 13.5 Å². The zero-order valence-electron chi connectivity index (χ0n) is 14.4. The summed E-state index contributed by atoms with van der Waals surface area (Å²) in [6, 6.07) is 17.2. The summed E-state index contributed by atoms with van der Waals surface area (Å²) in [4.78, 5) is 33.4. The van der Waals surface area contributed by atoms with Gasteiger partial charge in [-0.05, 0) is 23.6 Å². The summed E-state index contributed by atoms with van der Waals surface area (Å²) < 4.78 is 0. The van der Waals surface area contributed by atoms with Crippen LogP contribution in [-0.2, 0) is 11.3 Å². The topological polar surface area (TPSA) is 66.1 Å². The van der Waals surface area contributed by atoms with Crippen LogP contribution in [0.25, 0.3) is 10.9 Å². The van der Waals surface area contributed by atoms with E-state index in [0.29, 0.717) is 23.1 Å². The number of amides is 1. The molecule has 0 saturated heterocycles. The van der Waals surface area contributed by atoms with Gasteiger partial charge in [0.25, 0.3) is 5.56 Å². The molecule has 1 heterocycles. The van der Waals surface area contributed by atoms with Crippen LogP contribution in [0.3, 0.4) is 0 Å². The van der Waals surface area contributed by atoms with Gasteiger partial charge in [-0.3, -0.25) is 9.59 Å². The molecule has 0 saturated carbocycles. The van der Waals surface area contributed by atoms with E-state index in [0.717, 1.165) is 5.56 Å². The number of hydrogen-bond acceptors (Lipinski definition) is 3. The van der Waals surface area contributed by atoms with E-state index in [1.54, 1.807) is 30.1 Å². The first-order valence-electron chi connectivity index (χ1n) is 8.31. The van der Waals surface area contributed by atoms with E-state index in [4.69, 9.17) is 0 Å². The van der Waals surface area contributed by atoms with E-state index >= 15 is 0 Å². The van der Waals surface area contributed by atoms with Gasteiger partial charge in [0.2, 0.25) is 5.91 Å². The first-order valence-corrected chi connectivity index (χ1v) is 8.31. The smallest absolute Gasteiger partial charge is 0.258 e. The quantitative estimate of drug-likeness (QED) is 0.779. The Kier molecular flexibility index (Phi) is 4.93. The molecule has 0 aliphatic carbocycles. The Bertz CT molecular complexity index is 934. The largest absolute Gasteiger partial charge is 0.338 e. The molecule has 0 radical (unpaired) electrons. The molecule has 1 aromatic heterocycles. The van der Waals surface area contributed by atoms with E-state index in [1.807, 2.05) is 43.3 Å². The normalized spacial score (nSPS) is 12.1. The SMILES string of the molecule is CC(CC(=O)N(C)Cc1nc2ccccc2c(=O)[nH]1)c1ccccc1. The van der Waals surface area contributed by atoms with E-state index in [-0.39, 0.29) is 23.9 Å². The standard InChI is InChI=1S/C20H21N3O2/c1-14(15-8-4-3-5-9-15)12-19(24)23(2)13-18-21-17-11-7-6-10-16(17)20(25)22-18/h3-11,14H,12-13H2,1-2H3,(H,21,22,25). The second-order valence-electron chi connectivity index (χ2n) is 6.30. The molecule has 0 spiro atoms. The number of fused-ring (bicyclic) bond motifs is 1. The van der Waals surface area contributed by atoms with Crippen LogP contribution in [0, 0.1) is 0 Å². The van der Waals surface area contributed by atoms with Crippen LogP contribution < -0.4 is 5.56 Å². The highest BCUT2D eigenvalue weighted by molar-refractivity contribution is 5.78. The zero-order valence-corrected chi connectivity index (χ0v) is 14.4. The van der Waals surface area contributed by atoms with Crippen molar-refractivity contribution in [3.8, 4) is 0 Å². The summed E-state index contributed by atoms with van der Waals surface area (Å²) in [6.45, 7) is 2.32. The number of benzene rings is 2. The maximum Gasteiger partial charge on any atom is 0.258 e. The van der Waals surface area contributed by atoms with Crippen molar-refractivity contribution < 1.29 is 4.79 Å². The third-order valence-corrected chi connectivity index (χ3v) is 4.32. The fraction of sp³-hybridized carbons (Fsp3) is 0.250. The molecule has 1 N–H and O–H groups in total.